The van der Waals surface area contributed by atoms with Crippen molar-refractivity contribution in [2.75, 3.05) is 32.2 Å². The summed E-state index contributed by atoms with van der Waals surface area (Å²) >= 11 is 0. The molecule has 0 saturated carbocycles. The van der Waals surface area contributed by atoms with E-state index < -0.39 is 0 Å². The monoisotopic (exact) mass is 399 g/mol. The first kappa shape index (κ1) is 24.9. The Morgan fingerprint density at radius 2 is 1.28 bits per heavy atom. The predicted molar refractivity (Wildman–Crippen MR) is 122 cm³/mol. The molecule has 0 amide bonds. The van der Waals surface area contributed by atoms with Gasteiger partial charge in [-0.3, -0.25) is 4.79 Å². The number of carbonyl (C=O) groups is 1. The van der Waals surface area contributed by atoms with Crippen LogP contribution < -0.4 is 4.90 Å². The topological polar surface area (TPSA) is 38.8 Å². The van der Waals surface area contributed by atoms with E-state index in [1.165, 1.54) is 25.7 Å². The summed E-state index contributed by atoms with van der Waals surface area (Å²) < 4.78 is 0. The first-order valence-electron chi connectivity index (χ1n) is 10.7. The SMILES string of the molecule is CCCCCOOCCCCC.CN(C)c1ccccc1C(=O)c1ccccc1. The minimum absolute atomic E-state index is 0.0647. The van der Waals surface area contributed by atoms with Crippen LogP contribution in [0.1, 0.15) is 68.3 Å². The molecule has 0 N–H and O–H groups in total. The summed E-state index contributed by atoms with van der Waals surface area (Å²) in [5.74, 6) is 0.0647. The molecule has 0 bridgehead atoms. The van der Waals surface area contributed by atoms with Gasteiger partial charge in [0.05, 0.1) is 13.2 Å². The van der Waals surface area contributed by atoms with E-state index in [0.717, 1.165) is 42.9 Å². The number of rotatable bonds is 12. The quantitative estimate of drug-likeness (QED) is 0.182. The van der Waals surface area contributed by atoms with E-state index >= 15 is 0 Å². The van der Waals surface area contributed by atoms with Gasteiger partial charge in [0.2, 0.25) is 0 Å². The molecule has 0 aliphatic carbocycles. The van der Waals surface area contributed by atoms with Gasteiger partial charge >= 0.3 is 0 Å². The average molecular weight is 400 g/mol. The molecule has 0 saturated heterocycles. The van der Waals surface area contributed by atoms with Crippen LogP contribution in [0.4, 0.5) is 5.69 Å². The van der Waals surface area contributed by atoms with Crippen LogP contribution in [0.25, 0.3) is 0 Å². The van der Waals surface area contributed by atoms with Crippen molar-refractivity contribution < 1.29 is 14.6 Å². The Balaban J connectivity index is 0.000000311. The minimum atomic E-state index is 0.0647. The number of ketones is 1. The second-order valence-electron chi connectivity index (χ2n) is 7.16. The lowest BCUT2D eigenvalue weighted by Gasteiger charge is -2.16. The van der Waals surface area contributed by atoms with Gasteiger partial charge in [0.25, 0.3) is 0 Å². The van der Waals surface area contributed by atoms with Crippen LogP contribution >= 0.6 is 0 Å². The molecule has 4 nitrogen and oxygen atoms in total. The molecule has 0 aliphatic heterocycles. The number of unbranched alkanes of at least 4 members (excludes halogenated alkanes) is 4. The second-order valence-corrected chi connectivity index (χ2v) is 7.16. The van der Waals surface area contributed by atoms with Gasteiger partial charge in [-0.15, -0.1) is 0 Å². The summed E-state index contributed by atoms with van der Waals surface area (Å²) in [6.07, 6.45) is 7.17. The molecule has 0 radical (unpaired) electrons. The van der Waals surface area contributed by atoms with Gasteiger partial charge in [-0.25, -0.2) is 9.78 Å². The molecule has 0 fully saturated rings. The average Bonchev–Trinajstić information content (AvgIpc) is 2.76. The van der Waals surface area contributed by atoms with Gasteiger partial charge in [0.1, 0.15) is 0 Å². The van der Waals surface area contributed by atoms with Crippen LogP contribution in [0.2, 0.25) is 0 Å². The fourth-order valence-corrected chi connectivity index (χ4v) is 2.74. The zero-order valence-corrected chi connectivity index (χ0v) is 18.5. The molecule has 160 valence electrons. The highest BCUT2D eigenvalue weighted by molar-refractivity contribution is 6.12. The zero-order chi connectivity index (χ0) is 21.3. The smallest absolute Gasteiger partial charge is 0.195 e. The van der Waals surface area contributed by atoms with Gasteiger partial charge < -0.3 is 4.90 Å². The molecule has 0 unspecified atom stereocenters. The highest BCUT2D eigenvalue weighted by Crippen LogP contribution is 2.21. The van der Waals surface area contributed by atoms with Crippen molar-refractivity contribution in [3.05, 3.63) is 65.7 Å². The molecule has 0 aromatic heterocycles. The Hall–Kier alpha value is -2.17. The van der Waals surface area contributed by atoms with Crippen molar-refractivity contribution >= 4 is 11.5 Å². The van der Waals surface area contributed by atoms with Crippen molar-refractivity contribution in [1.82, 2.24) is 0 Å². The van der Waals surface area contributed by atoms with Gasteiger partial charge in [-0.1, -0.05) is 82.0 Å². The van der Waals surface area contributed by atoms with Crippen molar-refractivity contribution in [3.63, 3.8) is 0 Å². The Morgan fingerprint density at radius 3 is 1.79 bits per heavy atom. The van der Waals surface area contributed by atoms with E-state index in [2.05, 4.69) is 13.8 Å². The standard InChI is InChI=1S/C15H15NO.C10H22O2/c1-16(2)14-11-7-6-10-13(14)15(17)12-8-4-3-5-9-12;1-3-5-7-9-11-12-10-8-6-4-2/h3-11H,1-2H3;3-10H2,1-2H3. The summed E-state index contributed by atoms with van der Waals surface area (Å²) in [7, 11) is 3.88. The lowest BCUT2D eigenvalue weighted by Crippen LogP contribution is -2.14. The highest BCUT2D eigenvalue weighted by atomic mass is 17.2. The third-order valence-corrected chi connectivity index (χ3v) is 4.41. The second kappa shape index (κ2) is 15.7. The molecule has 2 aromatic rings. The van der Waals surface area contributed by atoms with E-state index in [0.29, 0.717) is 0 Å². The van der Waals surface area contributed by atoms with Crippen LogP contribution in [-0.2, 0) is 9.78 Å². The van der Waals surface area contributed by atoms with E-state index in [9.17, 15) is 4.79 Å². The zero-order valence-electron chi connectivity index (χ0n) is 18.5. The van der Waals surface area contributed by atoms with Crippen molar-refractivity contribution in [2.24, 2.45) is 0 Å². The maximum absolute atomic E-state index is 12.3. The van der Waals surface area contributed by atoms with Gasteiger partial charge in [0, 0.05) is 30.9 Å². The van der Waals surface area contributed by atoms with Gasteiger partial charge in [-0.05, 0) is 25.0 Å². The molecule has 29 heavy (non-hydrogen) atoms. The van der Waals surface area contributed by atoms with Gasteiger partial charge in [-0.2, -0.15) is 0 Å². The van der Waals surface area contributed by atoms with Crippen LogP contribution in [0.15, 0.2) is 54.6 Å². The molecule has 2 rings (SSSR count). The van der Waals surface area contributed by atoms with Crippen LogP contribution in [0.5, 0.6) is 0 Å². The van der Waals surface area contributed by atoms with Crippen molar-refractivity contribution in [2.45, 2.75) is 52.4 Å². The summed E-state index contributed by atoms with van der Waals surface area (Å²) in [5.41, 5.74) is 2.41. The Labute approximate surface area is 176 Å². The van der Waals surface area contributed by atoms with Crippen molar-refractivity contribution in [1.29, 1.82) is 0 Å². The fraction of sp³-hybridized carbons (Fsp3) is 0.480. The van der Waals surface area contributed by atoms with Crippen molar-refractivity contribution in [3.8, 4) is 0 Å². The first-order chi connectivity index (χ1) is 14.1. The first-order valence-corrected chi connectivity index (χ1v) is 10.7. The van der Waals surface area contributed by atoms with E-state index in [1.807, 2.05) is 73.6 Å². The number of carbonyl (C=O) groups excluding carboxylic acids is 1. The molecule has 0 heterocycles. The van der Waals surface area contributed by atoms with E-state index in [1.54, 1.807) is 0 Å². The number of hydrogen-bond donors (Lipinski definition) is 0. The third kappa shape index (κ3) is 10.2. The number of benzene rings is 2. The maximum atomic E-state index is 12.3. The molecule has 0 aliphatic rings. The number of hydrogen-bond acceptors (Lipinski definition) is 4. The largest absolute Gasteiger partial charge is 0.377 e. The molecule has 2 aromatic carbocycles. The molecular weight excluding hydrogens is 362 g/mol. The number of nitrogens with zero attached hydrogens (tertiary/aromatic N) is 1. The third-order valence-electron chi connectivity index (χ3n) is 4.41. The molecular formula is C25H37NO3. The Kier molecular flexibility index (Phi) is 13.5. The Morgan fingerprint density at radius 1 is 0.759 bits per heavy atom. The lowest BCUT2D eigenvalue weighted by atomic mass is 10.0. The molecule has 0 spiro atoms. The summed E-state index contributed by atoms with van der Waals surface area (Å²) in [5, 5.41) is 0. The minimum Gasteiger partial charge on any atom is -0.377 e. The summed E-state index contributed by atoms with van der Waals surface area (Å²) in [6, 6.07) is 17.0. The van der Waals surface area contributed by atoms with Crippen LogP contribution in [0.3, 0.4) is 0 Å². The highest BCUT2D eigenvalue weighted by Gasteiger charge is 2.13. The van der Waals surface area contributed by atoms with Gasteiger partial charge in [0.15, 0.2) is 5.78 Å². The Bertz CT molecular complexity index is 661. The van der Waals surface area contributed by atoms with E-state index in [4.69, 9.17) is 9.78 Å². The normalized spacial score (nSPS) is 10.2. The predicted octanol–water partition coefficient (Wildman–Crippen LogP) is 6.30. The fourth-order valence-electron chi connectivity index (χ4n) is 2.74. The maximum Gasteiger partial charge on any atom is 0.195 e. The number of anilines is 1. The number of para-hydroxylation sites is 1. The summed E-state index contributed by atoms with van der Waals surface area (Å²) in [6.45, 7) is 5.87. The molecule has 0 atom stereocenters. The van der Waals surface area contributed by atoms with E-state index in [-0.39, 0.29) is 5.78 Å². The summed E-state index contributed by atoms with van der Waals surface area (Å²) in [4.78, 5) is 24.3. The lowest BCUT2D eigenvalue weighted by molar-refractivity contribution is -0.295. The van der Waals surface area contributed by atoms with Crippen LogP contribution in [-0.4, -0.2) is 33.1 Å². The molecule has 4 heteroatoms. The van der Waals surface area contributed by atoms with Crippen LogP contribution in [0, 0.1) is 0 Å².